The molecule has 0 aliphatic heterocycles. The number of rotatable bonds is 4. The SMILES string of the molecule is O=S(=O)(Nc1oc(-c2cccs2)c(O)c1O)c1ccccc1. The Labute approximate surface area is 130 Å². The van der Waals surface area contributed by atoms with Crippen molar-refractivity contribution in [2.75, 3.05) is 4.72 Å². The van der Waals surface area contributed by atoms with E-state index in [9.17, 15) is 18.6 Å². The van der Waals surface area contributed by atoms with Gasteiger partial charge in [0.05, 0.1) is 9.77 Å². The van der Waals surface area contributed by atoms with Gasteiger partial charge in [-0.25, -0.2) is 13.1 Å². The molecule has 0 saturated carbocycles. The number of hydrogen-bond donors (Lipinski definition) is 3. The molecule has 0 saturated heterocycles. The Morgan fingerprint density at radius 1 is 1.00 bits per heavy atom. The van der Waals surface area contributed by atoms with Gasteiger partial charge in [0.25, 0.3) is 15.9 Å². The quantitative estimate of drug-likeness (QED) is 0.679. The van der Waals surface area contributed by atoms with Gasteiger partial charge in [-0.05, 0) is 23.6 Å². The summed E-state index contributed by atoms with van der Waals surface area (Å²) in [6, 6.07) is 11.1. The van der Waals surface area contributed by atoms with Gasteiger partial charge in [0.1, 0.15) is 0 Å². The molecule has 0 aliphatic rings. The van der Waals surface area contributed by atoms with Gasteiger partial charge in [0.2, 0.25) is 11.5 Å². The van der Waals surface area contributed by atoms with Crippen LogP contribution >= 0.6 is 11.3 Å². The molecule has 2 heterocycles. The molecule has 3 rings (SSSR count). The normalized spacial score (nSPS) is 11.5. The van der Waals surface area contributed by atoms with Gasteiger partial charge in [0, 0.05) is 0 Å². The van der Waals surface area contributed by atoms with Crippen LogP contribution < -0.4 is 4.72 Å². The summed E-state index contributed by atoms with van der Waals surface area (Å²) in [5, 5.41) is 21.5. The number of nitrogens with one attached hydrogen (secondary N) is 1. The molecule has 0 spiro atoms. The highest BCUT2D eigenvalue weighted by Crippen LogP contribution is 2.46. The summed E-state index contributed by atoms with van der Waals surface area (Å²) in [5.41, 5.74) is 0. The smallest absolute Gasteiger partial charge is 0.264 e. The molecule has 3 aromatic rings. The number of furan rings is 1. The molecule has 0 amide bonds. The summed E-state index contributed by atoms with van der Waals surface area (Å²) in [7, 11) is -3.92. The first-order chi connectivity index (χ1) is 10.5. The minimum atomic E-state index is -3.92. The van der Waals surface area contributed by atoms with Crippen molar-refractivity contribution >= 4 is 27.2 Å². The molecule has 0 bridgehead atoms. The maximum Gasteiger partial charge on any atom is 0.264 e. The first-order valence-corrected chi connectivity index (χ1v) is 8.52. The molecule has 22 heavy (non-hydrogen) atoms. The van der Waals surface area contributed by atoms with Crippen LogP contribution in [0.15, 0.2) is 57.2 Å². The molecule has 1 aromatic carbocycles. The largest absolute Gasteiger partial charge is 0.502 e. The summed E-state index contributed by atoms with van der Waals surface area (Å²) >= 11 is 1.28. The van der Waals surface area contributed by atoms with E-state index in [0.717, 1.165) is 0 Å². The number of benzene rings is 1. The van der Waals surface area contributed by atoms with Crippen LogP contribution in [0.2, 0.25) is 0 Å². The zero-order valence-corrected chi connectivity index (χ0v) is 12.7. The molecule has 0 fully saturated rings. The molecule has 0 aliphatic carbocycles. The zero-order valence-electron chi connectivity index (χ0n) is 11.1. The summed E-state index contributed by atoms with van der Waals surface area (Å²) in [6.07, 6.45) is 0. The van der Waals surface area contributed by atoms with Crippen molar-refractivity contribution in [1.29, 1.82) is 0 Å². The molecule has 0 unspecified atom stereocenters. The van der Waals surface area contributed by atoms with Gasteiger partial charge in [-0.15, -0.1) is 11.3 Å². The number of anilines is 1. The fourth-order valence-electron chi connectivity index (χ4n) is 1.84. The predicted octanol–water partition coefficient (Wildman–Crippen LogP) is 3.22. The van der Waals surface area contributed by atoms with E-state index in [0.29, 0.717) is 4.88 Å². The minimum absolute atomic E-state index is 0.0123. The fraction of sp³-hybridized carbons (Fsp3) is 0. The van der Waals surface area contributed by atoms with Gasteiger partial charge < -0.3 is 14.6 Å². The van der Waals surface area contributed by atoms with E-state index >= 15 is 0 Å². The second-order valence-corrected chi connectivity index (χ2v) is 6.98. The van der Waals surface area contributed by atoms with Gasteiger partial charge in [-0.2, -0.15) is 0 Å². The van der Waals surface area contributed by atoms with Crippen molar-refractivity contribution in [3.63, 3.8) is 0 Å². The van der Waals surface area contributed by atoms with Crippen LogP contribution in [0, 0.1) is 0 Å². The first kappa shape index (κ1) is 14.5. The standard InChI is InChI=1S/C14H11NO5S2/c16-11-12(17)14(20-13(11)10-7-4-8-21-10)15-22(18,19)9-5-2-1-3-6-9/h1-8,15-17H. The summed E-state index contributed by atoms with van der Waals surface area (Å²) < 4.78 is 31.8. The van der Waals surface area contributed by atoms with E-state index in [4.69, 9.17) is 4.42 Å². The van der Waals surface area contributed by atoms with Crippen molar-refractivity contribution in [3.8, 4) is 22.1 Å². The lowest BCUT2D eigenvalue weighted by Gasteiger charge is -2.05. The van der Waals surface area contributed by atoms with E-state index in [1.165, 1.54) is 23.5 Å². The van der Waals surface area contributed by atoms with Gasteiger partial charge in [-0.3, -0.25) is 0 Å². The van der Waals surface area contributed by atoms with Gasteiger partial charge in [0.15, 0.2) is 5.76 Å². The Morgan fingerprint density at radius 2 is 1.73 bits per heavy atom. The number of sulfonamides is 1. The third-order valence-electron chi connectivity index (χ3n) is 2.88. The molecule has 2 aromatic heterocycles. The topological polar surface area (TPSA) is 99.8 Å². The highest BCUT2D eigenvalue weighted by Gasteiger charge is 2.25. The minimum Gasteiger partial charge on any atom is -0.502 e. The predicted molar refractivity (Wildman–Crippen MR) is 82.6 cm³/mol. The lowest BCUT2D eigenvalue weighted by Crippen LogP contribution is -2.12. The summed E-state index contributed by atoms with van der Waals surface area (Å²) in [4.78, 5) is 0.584. The first-order valence-electron chi connectivity index (χ1n) is 6.15. The monoisotopic (exact) mass is 337 g/mol. The van der Waals surface area contributed by atoms with Crippen LogP contribution in [0.4, 0.5) is 5.88 Å². The highest BCUT2D eigenvalue weighted by atomic mass is 32.2. The third kappa shape index (κ3) is 2.53. The second-order valence-electron chi connectivity index (χ2n) is 4.35. The van der Waals surface area contributed by atoms with Crippen molar-refractivity contribution in [2.45, 2.75) is 4.90 Å². The summed E-state index contributed by atoms with van der Waals surface area (Å²) in [6.45, 7) is 0. The van der Waals surface area contributed by atoms with Crippen molar-refractivity contribution in [1.82, 2.24) is 0 Å². The Hall–Kier alpha value is -2.45. The van der Waals surface area contributed by atoms with Crippen LogP contribution in [0.25, 0.3) is 10.6 Å². The average Bonchev–Trinajstić information content (AvgIpc) is 3.12. The Morgan fingerprint density at radius 3 is 2.36 bits per heavy atom. The molecule has 8 heteroatoms. The van der Waals surface area contributed by atoms with Crippen LogP contribution in [0.5, 0.6) is 11.5 Å². The maximum atomic E-state index is 12.2. The molecular formula is C14H11NO5S2. The maximum absolute atomic E-state index is 12.2. The highest BCUT2D eigenvalue weighted by molar-refractivity contribution is 7.92. The Kier molecular flexibility index (Phi) is 3.55. The Balaban J connectivity index is 1.99. The fourth-order valence-corrected chi connectivity index (χ4v) is 3.56. The van der Waals surface area contributed by atoms with Crippen molar-refractivity contribution in [3.05, 3.63) is 47.8 Å². The lowest BCUT2D eigenvalue weighted by molar-refractivity contribution is 0.410. The lowest BCUT2D eigenvalue weighted by atomic mass is 10.3. The number of aromatic hydroxyl groups is 2. The van der Waals surface area contributed by atoms with Crippen LogP contribution in [0.1, 0.15) is 0 Å². The van der Waals surface area contributed by atoms with Crippen molar-refractivity contribution < 1.29 is 23.0 Å². The van der Waals surface area contributed by atoms with E-state index in [1.807, 2.05) is 0 Å². The summed E-state index contributed by atoms with van der Waals surface area (Å²) in [5.74, 6) is -1.57. The number of thiophene rings is 1. The van der Waals surface area contributed by atoms with Crippen LogP contribution in [-0.4, -0.2) is 18.6 Å². The molecular weight excluding hydrogens is 326 g/mol. The zero-order chi connectivity index (χ0) is 15.7. The molecule has 0 atom stereocenters. The van der Waals surface area contributed by atoms with Gasteiger partial charge >= 0.3 is 0 Å². The van der Waals surface area contributed by atoms with E-state index in [-0.39, 0.29) is 10.7 Å². The van der Waals surface area contributed by atoms with Crippen molar-refractivity contribution in [2.24, 2.45) is 0 Å². The molecule has 3 N–H and O–H groups in total. The second kappa shape index (κ2) is 5.39. The van der Waals surface area contributed by atoms with Gasteiger partial charge in [-0.1, -0.05) is 24.3 Å². The van der Waals surface area contributed by atoms with E-state index < -0.39 is 27.4 Å². The van der Waals surface area contributed by atoms with E-state index in [1.54, 1.807) is 35.7 Å². The average molecular weight is 337 g/mol. The molecule has 0 radical (unpaired) electrons. The third-order valence-corrected chi connectivity index (χ3v) is 5.10. The molecule has 114 valence electrons. The van der Waals surface area contributed by atoms with Crippen LogP contribution in [0.3, 0.4) is 0 Å². The molecule has 6 nitrogen and oxygen atoms in total. The Bertz CT molecular complexity index is 883. The van der Waals surface area contributed by atoms with Crippen LogP contribution in [-0.2, 0) is 10.0 Å². The van der Waals surface area contributed by atoms with E-state index in [2.05, 4.69) is 4.72 Å². The number of hydrogen-bond acceptors (Lipinski definition) is 6.